The number of imidazole rings is 1. The maximum atomic E-state index is 11.0. The van der Waals surface area contributed by atoms with Gasteiger partial charge in [-0.05, 0) is 13.3 Å². The molecule has 0 spiro atoms. The van der Waals surface area contributed by atoms with Crippen molar-refractivity contribution in [3.8, 4) is 0 Å². The maximum Gasteiger partial charge on any atom is 0.274 e. The highest BCUT2D eigenvalue weighted by Gasteiger charge is 2.13. The molecule has 0 radical (unpaired) electrons. The molecule has 0 saturated heterocycles. The maximum absolute atomic E-state index is 11.0. The Morgan fingerprint density at radius 2 is 2.19 bits per heavy atom. The summed E-state index contributed by atoms with van der Waals surface area (Å²) in [5, 5.41) is 14.0. The van der Waals surface area contributed by atoms with Gasteiger partial charge in [0, 0.05) is 38.0 Å². The smallest absolute Gasteiger partial charge is 0.274 e. The second kappa shape index (κ2) is 6.83. The largest absolute Gasteiger partial charge is 0.370 e. The zero-order valence-corrected chi connectivity index (χ0v) is 12.2. The van der Waals surface area contributed by atoms with E-state index in [1.807, 2.05) is 17.7 Å². The highest BCUT2D eigenvalue weighted by atomic mass is 16.6. The summed E-state index contributed by atoms with van der Waals surface area (Å²) in [6.07, 6.45) is 5.15. The van der Waals surface area contributed by atoms with Crippen LogP contribution in [0.3, 0.4) is 0 Å². The SMILES string of the molecule is CCCn1ccnc1Cc1cc([N+](=O)[O-])cc(NCC)n1. The van der Waals surface area contributed by atoms with Crippen LogP contribution in [-0.4, -0.2) is 26.0 Å². The summed E-state index contributed by atoms with van der Waals surface area (Å²) in [6.45, 7) is 5.56. The Morgan fingerprint density at radius 1 is 1.38 bits per heavy atom. The summed E-state index contributed by atoms with van der Waals surface area (Å²) in [7, 11) is 0. The summed E-state index contributed by atoms with van der Waals surface area (Å²) in [6, 6.07) is 2.96. The van der Waals surface area contributed by atoms with Gasteiger partial charge >= 0.3 is 0 Å². The molecule has 7 heteroatoms. The lowest BCUT2D eigenvalue weighted by atomic mass is 10.2. The van der Waals surface area contributed by atoms with Gasteiger partial charge in [-0.15, -0.1) is 0 Å². The van der Waals surface area contributed by atoms with Gasteiger partial charge < -0.3 is 9.88 Å². The minimum Gasteiger partial charge on any atom is -0.370 e. The van der Waals surface area contributed by atoms with E-state index in [0.717, 1.165) is 18.8 Å². The molecule has 1 N–H and O–H groups in total. The second-order valence-electron chi connectivity index (χ2n) is 4.70. The molecule has 0 amide bonds. The number of hydrogen-bond acceptors (Lipinski definition) is 5. The summed E-state index contributed by atoms with van der Waals surface area (Å²) >= 11 is 0. The highest BCUT2D eigenvalue weighted by molar-refractivity contribution is 5.46. The number of nitrogens with one attached hydrogen (secondary N) is 1. The summed E-state index contributed by atoms with van der Waals surface area (Å²) in [4.78, 5) is 19.3. The minimum atomic E-state index is -0.398. The number of anilines is 1. The number of aromatic nitrogens is 3. The lowest BCUT2D eigenvalue weighted by Gasteiger charge is -2.08. The zero-order valence-electron chi connectivity index (χ0n) is 12.2. The van der Waals surface area contributed by atoms with Crippen molar-refractivity contribution in [3.63, 3.8) is 0 Å². The molecule has 2 aromatic heterocycles. The minimum absolute atomic E-state index is 0.0459. The van der Waals surface area contributed by atoms with E-state index in [0.29, 0.717) is 24.5 Å². The van der Waals surface area contributed by atoms with Crippen LogP contribution in [0, 0.1) is 10.1 Å². The van der Waals surface area contributed by atoms with Gasteiger partial charge in [0.25, 0.3) is 5.69 Å². The van der Waals surface area contributed by atoms with Gasteiger partial charge in [0.1, 0.15) is 11.6 Å². The van der Waals surface area contributed by atoms with Crippen molar-refractivity contribution in [1.82, 2.24) is 14.5 Å². The van der Waals surface area contributed by atoms with Crippen molar-refractivity contribution >= 4 is 11.5 Å². The van der Waals surface area contributed by atoms with Crippen molar-refractivity contribution in [2.45, 2.75) is 33.2 Å². The predicted molar refractivity (Wildman–Crippen MR) is 80.4 cm³/mol. The Labute approximate surface area is 123 Å². The average molecular weight is 289 g/mol. The van der Waals surface area contributed by atoms with Crippen LogP contribution in [0.2, 0.25) is 0 Å². The van der Waals surface area contributed by atoms with Gasteiger partial charge in [0.2, 0.25) is 0 Å². The Balaban J connectivity index is 2.29. The van der Waals surface area contributed by atoms with Crippen molar-refractivity contribution in [2.24, 2.45) is 0 Å². The molecule has 112 valence electrons. The third-order valence-corrected chi connectivity index (χ3v) is 3.04. The molecule has 0 fully saturated rings. The molecule has 7 nitrogen and oxygen atoms in total. The first kappa shape index (κ1) is 15.0. The first-order valence-electron chi connectivity index (χ1n) is 7.03. The standard InChI is InChI=1S/C14H19N5O2/c1-3-6-18-7-5-16-14(18)9-11-8-12(19(20)21)10-13(17-11)15-4-2/h5,7-8,10H,3-4,6,9H2,1-2H3,(H,15,17). The van der Waals surface area contributed by atoms with Crippen molar-refractivity contribution in [1.29, 1.82) is 0 Å². The van der Waals surface area contributed by atoms with Gasteiger partial charge in [-0.3, -0.25) is 10.1 Å². The summed E-state index contributed by atoms with van der Waals surface area (Å²) < 4.78 is 2.05. The van der Waals surface area contributed by atoms with Crippen LogP contribution in [0.1, 0.15) is 31.8 Å². The first-order chi connectivity index (χ1) is 10.1. The van der Waals surface area contributed by atoms with Crippen LogP contribution in [0.4, 0.5) is 11.5 Å². The zero-order chi connectivity index (χ0) is 15.2. The fraction of sp³-hybridized carbons (Fsp3) is 0.429. The second-order valence-corrected chi connectivity index (χ2v) is 4.70. The van der Waals surface area contributed by atoms with Crippen molar-refractivity contribution in [2.75, 3.05) is 11.9 Å². The number of aryl methyl sites for hydroxylation is 1. The van der Waals surface area contributed by atoms with Gasteiger partial charge in [-0.1, -0.05) is 6.92 Å². The molecule has 2 heterocycles. The molecule has 0 atom stereocenters. The predicted octanol–water partition coefficient (Wildman–Crippen LogP) is 2.62. The van der Waals surface area contributed by atoms with Gasteiger partial charge in [0.15, 0.2) is 0 Å². The highest BCUT2D eigenvalue weighted by Crippen LogP contribution is 2.19. The number of hydrogen-bond donors (Lipinski definition) is 1. The molecular formula is C14H19N5O2. The van der Waals surface area contributed by atoms with E-state index in [1.165, 1.54) is 12.1 Å². The van der Waals surface area contributed by atoms with E-state index >= 15 is 0 Å². The molecule has 21 heavy (non-hydrogen) atoms. The van der Waals surface area contributed by atoms with Crippen molar-refractivity contribution in [3.05, 3.63) is 46.2 Å². The molecule has 0 aliphatic carbocycles. The Hall–Kier alpha value is -2.44. The van der Waals surface area contributed by atoms with Gasteiger partial charge in [-0.25, -0.2) is 9.97 Å². The monoisotopic (exact) mass is 289 g/mol. The third kappa shape index (κ3) is 3.77. The number of rotatable bonds is 7. The van der Waals surface area contributed by atoms with E-state index in [2.05, 4.69) is 22.2 Å². The molecule has 0 aliphatic rings. The normalized spacial score (nSPS) is 10.6. The Morgan fingerprint density at radius 3 is 2.86 bits per heavy atom. The lowest BCUT2D eigenvalue weighted by molar-refractivity contribution is -0.384. The molecule has 2 aromatic rings. The lowest BCUT2D eigenvalue weighted by Crippen LogP contribution is -2.07. The summed E-state index contributed by atoms with van der Waals surface area (Å²) in [5.74, 6) is 1.39. The Kier molecular flexibility index (Phi) is 4.86. The summed E-state index contributed by atoms with van der Waals surface area (Å²) in [5.41, 5.74) is 0.688. The van der Waals surface area contributed by atoms with Gasteiger partial charge in [-0.2, -0.15) is 0 Å². The number of nitrogens with zero attached hydrogens (tertiary/aromatic N) is 4. The van der Waals surface area contributed by atoms with Crippen LogP contribution in [0.25, 0.3) is 0 Å². The van der Waals surface area contributed by atoms with E-state index in [4.69, 9.17) is 0 Å². The van der Waals surface area contributed by atoms with E-state index < -0.39 is 4.92 Å². The quantitative estimate of drug-likeness (QED) is 0.625. The molecule has 2 rings (SSSR count). The third-order valence-electron chi connectivity index (χ3n) is 3.04. The first-order valence-corrected chi connectivity index (χ1v) is 7.03. The molecule has 0 saturated carbocycles. The van der Waals surface area contributed by atoms with Crippen molar-refractivity contribution < 1.29 is 4.92 Å². The fourth-order valence-corrected chi connectivity index (χ4v) is 2.15. The van der Waals surface area contributed by atoms with Crippen LogP contribution in [0.5, 0.6) is 0 Å². The molecular weight excluding hydrogens is 270 g/mol. The molecule has 0 aromatic carbocycles. The van der Waals surface area contributed by atoms with E-state index in [-0.39, 0.29) is 5.69 Å². The fourth-order valence-electron chi connectivity index (χ4n) is 2.15. The number of nitro groups is 1. The van der Waals surface area contributed by atoms with Crippen LogP contribution in [-0.2, 0) is 13.0 Å². The van der Waals surface area contributed by atoms with Gasteiger partial charge in [0.05, 0.1) is 16.7 Å². The van der Waals surface area contributed by atoms with Crippen LogP contribution < -0.4 is 5.32 Å². The topological polar surface area (TPSA) is 85.9 Å². The van der Waals surface area contributed by atoms with E-state index in [9.17, 15) is 10.1 Å². The average Bonchev–Trinajstić information content (AvgIpc) is 2.86. The van der Waals surface area contributed by atoms with Crippen LogP contribution in [0.15, 0.2) is 24.5 Å². The Bertz CT molecular complexity index is 624. The molecule has 0 bridgehead atoms. The van der Waals surface area contributed by atoms with E-state index in [1.54, 1.807) is 6.20 Å². The molecule has 0 aliphatic heterocycles. The molecule has 0 unspecified atom stereocenters. The number of pyridine rings is 1. The van der Waals surface area contributed by atoms with Crippen LogP contribution >= 0.6 is 0 Å².